The molecule has 0 saturated heterocycles. The molecule has 0 spiro atoms. The Morgan fingerprint density at radius 1 is 1.14 bits per heavy atom. The van der Waals surface area contributed by atoms with Crippen LogP contribution < -0.4 is 4.74 Å². The highest BCUT2D eigenvalue weighted by atomic mass is 16.5. The Labute approximate surface area is 122 Å². The molecule has 3 aromatic rings. The number of rotatable bonds is 4. The van der Waals surface area contributed by atoms with Gasteiger partial charge in [0.25, 0.3) is 0 Å². The summed E-state index contributed by atoms with van der Waals surface area (Å²) in [4.78, 5) is 19.5. The van der Waals surface area contributed by atoms with Crippen LogP contribution in [0.4, 0.5) is 0 Å². The minimum atomic E-state index is 0.327. The van der Waals surface area contributed by atoms with Crippen LogP contribution in [0.5, 0.6) is 5.75 Å². The predicted octanol–water partition coefficient (Wildman–Crippen LogP) is 3.33. The summed E-state index contributed by atoms with van der Waals surface area (Å²) < 4.78 is 5.76. The van der Waals surface area contributed by atoms with Gasteiger partial charge in [-0.05, 0) is 36.8 Å². The molecule has 0 N–H and O–H groups in total. The average molecular weight is 278 g/mol. The van der Waals surface area contributed by atoms with E-state index in [1.54, 1.807) is 12.3 Å². The molecule has 104 valence electrons. The fraction of sp³-hybridized carbons (Fsp3) is 0.118. The molecule has 2 heterocycles. The quantitative estimate of drug-likeness (QED) is 0.687. The number of benzene rings is 1. The summed E-state index contributed by atoms with van der Waals surface area (Å²) in [6.07, 6.45) is 2.48. The van der Waals surface area contributed by atoms with Gasteiger partial charge >= 0.3 is 0 Å². The molecule has 0 aliphatic carbocycles. The largest absolute Gasteiger partial charge is 0.486 e. The molecule has 2 aromatic heterocycles. The van der Waals surface area contributed by atoms with E-state index in [0.29, 0.717) is 24.3 Å². The summed E-state index contributed by atoms with van der Waals surface area (Å²) >= 11 is 0. The Kier molecular flexibility index (Phi) is 3.60. The van der Waals surface area contributed by atoms with Crippen LogP contribution in [0.25, 0.3) is 10.9 Å². The first-order valence-electron chi connectivity index (χ1n) is 6.66. The van der Waals surface area contributed by atoms with Crippen LogP contribution in [0.2, 0.25) is 0 Å². The molecule has 21 heavy (non-hydrogen) atoms. The van der Waals surface area contributed by atoms with E-state index < -0.39 is 0 Å². The summed E-state index contributed by atoms with van der Waals surface area (Å²) in [5.41, 5.74) is 3.07. The minimum Gasteiger partial charge on any atom is -0.486 e. The van der Waals surface area contributed by atoms with Crippen molar-refractivity contribution in [3.63, 3.8) is 0 Å². The van der Waals surface area contributed by atoms with Gasteiger partial charge in [-0.2, -0.15) is 0 Å². The number of fused-ring (bicyclic) bond motifs is 1. The summed E-state index contributed by atoms with van der Waals surface area (Å²) in [6, 6.07) is 13.4. The molecular formula is C17H14N2O2. The zero-order valence-corrected chi connectivity index (χ0v) is 11.6. The second-order valence-electron chi connectivity index (χ2n) is 4.73. The fourth-order valence-corrected chi connectivity index (χ4v) is 2.22. The highest BCUT2D eigenvalue weighted by Crippen LogP contribution is 2.20. The first-order valence-corrected chi connectivity index (χ1v) is 6.66. The molecule has 0 fully saturated rings. The third kappa shape index (κ3) is 2.74. The van der Waals surface area contributed by atoms with E-state index in [2.05, 4.69) is 9.97 Å². The average Bonchev–Trinajstić information content (AvgIpc) is 2.53. The second kappa shape index (κ2) is 5.71. The summed E-state index contributed by atoms with van der Waals surface area (Å²) in [5.74, 6) is 0.497. The van der Waals surface area contributed by atoms with Crippen LogP contribution in [-0.4, -0.2) is 16.3 Å². The predicted molar refractivity (Wildman–Crippen MR) is 80.4 cm³/mol. The van der Waals surface area contributed by atoms with E-state index in [-0.39, 0.29) is 0 Å². The van der Waals surface area contributed by atoms with E-state index in [0.717, 1.165) is 22.2 Å². The van der Waals surface area contributed by atoms with Crippen LogP contribution in [0.15, 0.2) is 48.7 Å². The van der Waals surface area contributed by atoms with Crippen LogP contribution in [0.1, 0.15) is 21.7 Å². The minimum absolute atomic E-state index is 0.327. The first kappa shape index (κ1) is 13.2. The zero-order chi connectivity index (χ0) is 14.7. The normalized spacial score (nSPS) is 10.5. The van der Waals surface area contributed by atoms with Crippen LogP contribution in [0.3, 0.4) is 0 Å². The Bertz CT molecular complexity index is 794. The van der Waals surface area contributed by atoms with E-state index in [9.17, 15) is 4.79 Å². The van der Waals surface area contributed by atoms with E-state index in [1.807, 2.05) is 43.3 Å². The van der Waals surface area contributed by atoms with Crippen molar-refractivity contribution in [3.8, 4) is 5.75 Å². The van der Waals surface area contributed by atoms with Crippen molar-refractivity contribution < 1.29 is 9.53 Å². The number of ether oxygens (including phenoxy) is 1. The lowest BCUT2D eigenvalue weighted by Gasteiger charge is -2.10. The molecule has 0 saturated carbocycles. The Balaban J connectivity index is 1.89. The van der Waals surface area contributed by atoms with Crippen molar-refractivity contribution in [1.29, 1.82) is 0 Å². The number of carbonyl (C=O) groups excluding carboxylic acids is 1. The number of nitrogens with zero attached hydrogens (tertiary/aromatic N) is 2. The molecule has 4 heteroatoms. The van der Waals surface area contributed by atoms with Crippen LogP contribution >= 0.6 is 0 Å². The molecular weight excluding hydrogens is 264 g/mol. The molecule has 0 aliphatic rings. The third-order valence-electron chi connectivity index (χ3n) is 3.26. The molecule has 0 bridgehead atoms. The van der Waals surface area contributed by atoms with Crippen LogP contribution in [-0.2, 0) is 6.61 Å². The molecule has 0 radical (unpaired) electrons. The summed E-state index contributed by atoms with van der Waals surface area (Å²) in [5, 5.41) is 1.05. The maximum atomic E-state index is 11.1. The number of aldehydes is 1. The maximum absolute atomic E-state index is 11.1. The molecule has 0 unspecified atom stereocenters. The van der Waals surface area contributed by atoms with Gasteiger partial charge in [-0.3, -0.25) is 9.78 Å². The number of aromatic nitrogens is 2. The van der Waals surface area contributed by atoms with Gasteiger partial charge in [-0.1, -0.05) is 18.2 Å². The molecule has 4 nitrogen and oxygen atoms in total. The van der Waals surface area contributed by atoms with Gasteiger partial charge in [-0.25, -0.2) is 4.98 Å². The van der Waals surface area contributed by atoms with Crippen LogP contribution in [0, 0.1) is 6.92 Å². The number of pyridine rings is 2. The third-order valence-corrected chi connectivity index (χ3v) is 3.26. The van der Waals surface area contributed by atoms with Crippen molar-refractivity contribution in [2.24, 2.45) is 0 Å². The van der Waals surface area contributed by atoms with Gasteiger partial charge in [-0.15, -0.1) is 0 Å². The molecule has 0 aliphatic heterocycles. The second-order valence-corrected chi connectivity index (χ2v) is 4.73. The first-order chi connectivity index (χ1) is 10.3. The standard InChI is InChI=1S/C17H14N2O2/c1-12-7-8-17(16(10-20)19-12)21-11-13-4-2-6-15-14(13)5-3-9-18-15/h2-10H,11H2,1H3. The molecule has 0 atom stereocenters. The molecule has 0 amide bonds. The Morgan fingerprint density at radius 3 is 2.90 bits per heavy atom. The van der Waals surface area contributed by atoms with Gasteiger partial charge in [0.1, 0.15) is 18.1 Å². The SMILES string of the molecule is Cc1ccc(OCc2cccc3ncccc23)c(C=O)n1. The monoisotopic (exact) mass is 278 g/mol. The Hall–Kier alpha value is -2.75. The maximum Gasteiger partial charge on any atom is 0.172 e. The number of aryl methyl sites for hydroxylation is 1. The van der Waals surface area contributed by atoms with E-state index in [1.165, 1.54) is 0 Å². The zero-order valence-electron chi connectivity index (χ0n) is 11.6. The van der Waals surface area contributed by atoms with Gasteiger partial charge in [0.15, 0.2) is 6.29 Å². The summed E-state index contributed by atoms with van der Waals surface area (Å²) in [7, 11) is 0. The van der Waals surface area contributed by atoms with E-state index in [4.69, 9.17) is 4.74 Å². The number of carbonyl (C=O) groups is 1. The highest BCUT2D eigenvalue weighted by molar-refractivity contribution is 5.82. The Morgan fingerprint density at radius 2 is 2.05 bits per heavy atom. The lowest BCUT2D eigenvalue weighted by molar-refractivity contribution is 0.111. The van der Waals surface area contributed by atoms with Crippen molar-refractivity contribution in [1.82, 2.24) is 9.97 Å². The lowest BCUT2D eigenvalue weighted by Crippen LogP contribution is -2.01. The lowest BCUT2D eigenvalue weighted by atomic mass is 10.1. The van der Waals surface area contributed by atoms with Gasteiger partial charge in [0.05, 0.1) is 5.52 Å². The van der Waals surface area contributed by atoms with Gasteiger partial charge in [0.2, 0.25) is 0 Å². The highest BCUT2D eigenvalue weighted by Gasteiger charge is 2.07. The fourth-order valence-electron chi connectivity index (χ4n) is 2.22. The van der Waals surface area contributed by atoms with Crippen molar-refractivity contribution >= 4 is 17.2 Å². The van der Waals surface area contributed by atoms with Crippen molar-refractivity contribution in [2.75, 3.05) is 0 Å². The number of hydrogen-bond donors (Lipinski definition) is 0. The molecule has 3 rings (SSSR count). The summed E-state index contributed by atoms with van der Waals surface area (Å²) in [6.45, 7) is 2.21. The topological polar surface area (TPSA) is 52.1 Å². The number of hydrogen-bond acceptors (Lipinski definition) is 4. The van der Waals surface area contributed by atoms with Gasteiger partial charge < -0.3 is 4.74 Å². The molecule has 1 aromatic carbocycles. The van der Waals surface area contributed by atoms with E-state index >= 15 is 0 Å². The smallest absolute Gasteiger partial charge is 0.172 e. The van der Waals surface area contributed by atoms with Gasteiger partial charge in [0, 0.05) is 17.3 Å². The van der Waals surface area contributed by atoms with Crippen molar-refractivity contribution in [3.05, 3.63) is 65.6 Å². The van der Waals surface area contributed by atoms with Crippen molar-refractivity contribution in [2.45, 2.75) is 13.5 Å².